The van der Waals surface area contributed by atoms with E-state index in [2.05, 4.69) is 20.0 Å². The number of anilines is 1. The SMILES string of the molecule is Cn1c(SCCCN2CC3CCN(c4ccc(C(F)(F)F)cc4)C3C2)nnc1-c1ccccc1. The lowest BCUT2D eigenvalue weighted by atomic mass is 10.0. The molecule has 5 nitrogen and oxygen atoms in total. The maximum absolute atomic E-state index is 12.9. The molecule has 2 aliphatic rings. The highest BCUT2D eigenvalue weighted by atomic mass is 32.2. The molecule has 0 N–H and O–H groups in total. The summed E-state index contributed by atoms with van der Waals surface area (Å²) in [6.07, 6.45) is -2.14. The van der Waals surface area contributed by atoms with Crippen molar-refractivity contribution >= 4 is 17.4 Å². The van der Waals surface area contributed by atoms with Crippen molar-refractivity contribution in [1.82, 2.24) is 19.7 Å². The van der Waals surface area contributed by atoms with Gasteiger partial charge in [-0.3, -0.25) is 0 Å². The van der Waals surface area contributed by atoms with Gasteiger partial charge in [0.15, 0.2) is 11.0 Å². The minimum Gasteiger partial charge on any atom is -0.367 e. The molecule has 0 bridgehead atoms. The Morgan fingerprint density at radius 1 is 1.00 bits per heavy atom. The summed E-state index contributed by atoms with van der Waals surface area (Å²) in [5.74, 6) is 2.43. The minimum atomic E-state index is -4.29. The lowest BCUT2D eigenvalue weighted by molar-refractivity contribution is -0.137. The van der Waals surface area contributed by atoms with Crippen molar-refractivity contribution < 1.29 is 13.2 Å². The lowest BCUT2D eigenvalue weighted by Gasteiger charge is -2.27. The predicted molar refractivity (Wildman–Crippen MR) is 129 cm³/mol. The van der Waals surface area contributed by atoms with E-state index < -0.39 is 11.7 Å². The second-order valence-electron chi connectivity index (χ2n) is 9.05. The van der Waals surface area contributed by atoms with Crippen molar-refractivity contribution in [3.63, 3.8) is 0 Å². The molecule has 0 radical (unpaired) electrons. The molecular weight excluding hydrogens is 459 g/mol. The smallest absolute Gasteiger partial charge is 0.367 e. The fourth-order valence-corrected chi connectivity index (χ4v) is 5.96. The van der Waals surface area contributed by atoms with Crippen molar-refractivity contribution in [3.8, 4) is 11.4 Å². The van der Waals surface area contributed by atoms with Gasteiger partial charge in [-0.2, -0.15) is 13.2 Å². The van der Waals surface area contributed by atoms with Crippen LogP contribution in [0.1, 0.15) is 18.4 Å². The molecule has 34 heavy (non-hydrogen) atoms. The molecular formula is C25H28F3N5S. The van der Waals surface area contributed by atoms with E-state index >= 15 is 0 Å². The fraction of sp³-hybridized carbons (Fsp3) is 0.440. The van der Waals surface area contributed by atoms with Gasteiger partial charge >= 0.3 is 6.18 Å². The summed E-state index contributed by atoms with van der Waals surface area (Å²) >= 11 is 1.73. The number of alkyl halides is 3. The normalized spacial score (nSPS) is 20.8. The van der Waals surface area contributed by atoms with Crippen LogP contribution in [0, 0.1) is 5.92 Å². The number of likely N-dealkylation sites (tertiary alicyclic amines) is 1. The molecule has 0 aliphatic carbocycles. The van der Waals surface area contributed by atoms with Crippen LogP contribution in [0.4, 0.5) is 18.9 Å². The average molecular weight is 488 g/mol. The second-order valence-corrected chi connectivity index (χ2v) is 10.1. The number of thioether (sulfide) groups is 1. The van der Waals surface area contributed by atoms with Crippen LogP contribution in [-0.2, 0) is 13.2 Å². The summed E-state index contributed by atoms with van der Waals surface area (Å²) < 4.78 is 40.7. The van der Waals surface area contributed by atoms with Crippen LogP contribution in [0.15, 0.2) is 59.8 Å². The molecule has 2 unspecified atom stereocenters. The molecule has 9 heteroatoms. The average Bonchev–Trinajstić information content (AvgIpc) is 3.51. The molecule has 2 aromatic carbocycles. The maximum Gasteiger partial charge on any atom is 0.416 e. The number of aromatic nitrogens is 3. The van der Waals surface area contributed by atoms with Gasteiger partial charge in [0.1, 0.15) is 0 Å². The van der Waals surface area contributed by atoms with Crippen molar-refractivity contribution in [3.05, 3.63) is 60.2 Å². The Balaban J connectivity index is 1.11. The van der Waals surface area contributed by atoms with E-state index in [4.69, 9.17) is 0 Å². The number of hydrogen-bond donors (Lipinski definition) is 0. The monoisotopic (exact) mass is 487 g/mol. The van der Waals surface area contributed by atoms with E-state index in [-0.39, 0.29) is 0 Å². The third kappa shape index (κ3) is 4.81. The largest absolute Gasteiger partial charge is 0.416 e. The van der Waals surface area contributed by atoms with Gasteiger partial charge in [0, 0.05) is 49.7 Å². The Bertz CT molecular complexity index is 1100. The van der Waals surface area contributed by atoms with Crippen molar-refractivity contribution in [2.75, 3.05) is 36.8 Å². The zero-order valence-electron chi connectivity index (χ0n) is 19.1. The van der Waals surface area contributed by atoms with Crippen molar-refractivity contribution in [2.45, 2.75) is 30.2 Å². The molecule has 0 spiro atoms. The molecule has 2 fully saturated rings. The van der Waals surface area contributed by atoms with E-state index in [1.54, 1.807) is 23.9 Å². The predicted octanol–water partition coefficient (Wildman–Crippen LogP) is 5.19. The van der Waals surface area contributed by atoms with Crippen LogP contribution in [0.2, 0.25) is 0 Å². The molecule has 0 saturated carbocycles. The Labute approximate surface area is 202 Å². The van der Waals surface area contributed by atoms with Gasteiger partial charge in [0.05, 0.1) is 5.56 Å². The molecule has 5 rings (SSSR count). The van der Waals surface area contributed by atoms with Crippen molar-refractivity contribution in [1.29, 1.82) is 0 Å². The molecule has 180 valence electrons. The van der Waals surface area contributed by atoms with E-state index in [1.165, 1.54) is 12.1 Å². The molecule has 3 heterocycles. The highest BCUT2D eigenvalue weighted by Crippen LogP contribution is 2.37. The van der Waals surface area contributed by atoms with Gasteiger partial charge in [-0.1, -0.05) is 42.1 Å². The standard InChI is InChI=1S/C25H28F3N5S/c1-31-23(18-6-3-2-4-7-18)29-30-24(31)34-15-5-13-32-16-19-12-14-33(22(19)17-32)21-10-8-20(9-11-21)25(26,27)28/h2-4,6-11,19,22H,5,12-17H2,1H3. The van der Waals surface area contributed by atoms with E-state index in [1.807, 2.05) is 41.9 Å². The first-order valence-corrected chi connectivity index (χ1v) is 12.6. The Hall–Kier alpha value is -2.52. The topological polar surface area (TPSA) is 37.2 Å². The van der Waals surface area contributed by atoms with Crippen LogP contribution in [0.25, 0.3) is 11.4 Å². The number of nitrogens with zero attached hydrogens (tertiary/aromatic N) is 5. The second kappa shape index (κ2) is 9.62. The summed E-state index contributed by atoms with van der Waals surface area (Å²) in [4.78, 5) is 4.79. The minimum absolute atomic E-state index is 0.386. The van der Waals surface area contributed by atoms with E-state index in [0.717, 1.165) is 67.0 Å². The third-order valence-electron chi connectivity index (χ3n) is 6.87. The summed E-state index contributed by atoms with van der Waals surface area (Å²) in [5, 5.41) is 9.63. The summed E-state index contributed by atoms with van der Waals surface area (Å²) in [5.41, 5.74) is 1.37. The molecule has 3 aromatic rings. The van der Waals surface area contributed by atoms with Gasteiger partial charge in [-0.25, -0.2) is 0 Å². The Kier molecular flexibility index (Phi) is 6.57. The molecule has 0 amide bonds. The quantitative estimate of drug-likeness (QED) is 0.339. The third-order valence-corrected chi connectivity index (χ3v) is 7.97. The first kappa shape index (κ1) is 23.2. The number of benzene rings is 2. The summed E-state index contributed by atoms with van der Waals surface area (Å²) in [6, 6.07) is 16.1. The highest BCUT2D eigenvalue weighted by molar-refractivity contribution is 7.99. The first-order valence-electron chi connectivity index (χ1n) is 11.6. The lowest BCUT2D eigenvalue weighted by Crippen LogP contribution is -2.35. The number of hydrogen-bond acceptors (Lipinski definition) is 5. The van der Waals surface area contributed by atoms with Gasteiger partial charge < -0.3 is 14.4 Å². The van der Waals surface area contributed by atoms with Crippen molar-refractivity contribution in [2.24, 2.45) is 13.0 Å². The van der Waals surface area contributed by atoms with E-state index in [9.17, 15) is 13.2 Å². The number of halogens is 3. The van der Waals surface area contributed by atoms with Gasteiger partial charge in [0.25, 0.3) is 0 Å². The molecule has 1 aromatic heterocycles. The van der Waals surface area contributed by atoms with E-state index in [0.29, 0.717) is 12.0 Å². The fourth-order valence-electron chi connectivity index (χ4n) is 5.12. The van der Waals surface area contributed by atoms with Gasteiger partial charge in [-0.05, 0) is 49.6 Å². The molecule has 2 atom stereocenters. The van der Waals surface area contributed by atoms with Crippen LogP contribution in [-0.4, -0.2) is 57.6 Å². The zero-order valence-corrected chi connectivity index (χ0v) is 19.9. The van der Waals surface area contributed by atoms with Gasteiger partial charge in [-0.15, -0.1) is 10.2 Å². The molecule has 2 saturated heterocycles. The zero-order chi connectivity index (χ0) is 23.7. The van der Waals surface area contributed by atoms with Crippen LogP contribution in [0.3, 0.4) is 0 Å². The number of rotatable bonds is 7. The maximum atomic E-state index is 12.9. The molecule has 2 aliphatic heterocycles. The first-order chi connectivity index (χ1) is 16.4. The Morgan fingerprint density at radius 2 is 1.76 bits per heavy atom. The summed E-state index contributed by atoms with van der Waals surface area (Å²) in [6.45, 7) is 3.97. The van der Waals surface area contributed by atoms with Gasteiger partial charge in [0.2, 0.25) is 0 Å². The highest BCUT2D eigenvalue weighted by Gasteiger charge is 2.41. The number of fused-ring (bicyclic) bond motifs is 1. The van der Waals surface area contributed by atoms with Crippen LogP contribution >= 0.6 is 11.8 Å². The van der Waals surface area contributed by atoms with Crippen LogP contribution < -0.4 is 4.90 Å². The van der Waals surface area contributed by atoms with Crippen LogP contribution in [0.5, 0.6) is 0 Å². The summed E-state index contributed by atoms with van der Waals surface area (Å²) in [7, 11) is 2.00. The Morgan fingerprint density at radius 3 is 2.50 bits per heavy atom.